The standard InChI is InChI=1S/C15H25NO2/c1-3-10-16-15(9-11-18-13-12-17-2)14-7-5-4-6-8-14/h4-8,15-16H,3,9-13H2,1-2H3. The molecule has 1 aromatic carbocycles. The summed E-state index contributed by atoms with van der Waals surface area (Å²) in [4.78, 5) is 0. The van der Waals surface area contributed by atoms with Crippen molar-refractivity contribution < 1.29 is 9.47 Å². The number of benzene rings is 1. The average molecular weight is 251 g/mol. The van der Waals surface area contributed by atoms with Crippen molar-refractivity contribution in [1.29, 1.82) is 0 Å². The minimum absolute atomic E-state index is 0.383. The summed E-state index contributed by atoms with van der Waals surface area (Å²) < 4.78 is 10.5. The molecular formula is C15H25NO2. The summed E-state index contributed by atoms with van der Waals surface area (Å²) in [6, 6.07) is 10.9. The summed E-state index contributed by atoms with van der Waals surface area (Å²) in [6.45, 7) is 5.32. The van der Waals surface area contributed by atoms with Crippen molar-refractivity contribution in [2.75, 3.05) is 33.5 Å². The molecule has 1 atom stereocenters. The molecule has 0 aliphatic rings. The molecule has 0 aliphatic carbocycles. The van der Waals surface area contributed by atoms with Crippen LogP contribution in [0.3, 0.4) is 0 Å². The normalized spacial score (nSPS) is 12.6. The van der Waals surface area contributed by atoms with Crippen LogP contribution in [0.2, 0.25) is 0 Å². The van der Waals surface area contributed by atoms with E-state index in [1.54, 1.807) is 7.11 Å². The first-order valence-electron chi connectivity index (χ1n) is 6.73. The molecule has 0 bridgehead atoms. The van der Waals surface area contributed by atoms with Gasteiger partial charge in [0.2, 0.25) is 0 Å². The highest BCUT2D eigenvalue weighted by molar-refractivity contribution is 5.18. The highest BCUT2D eigenvalue weighted by Gasteiger charge is 2.09. The molecule has 0 spiro atoms. The van der Waals surface area contributed by atoms with E-state index < -0.39 is 0 Å². The maximum Gasteiger partial charge on any atom is 0.0700 e. The minimum Gasteiger partial charge on any atom is -0.382 e. The van der Waals surface area contributed by atoms with Gasteiger partial charge in [-0.15, -0.1) is 0 Å². The van der Waals surface area contributed by atoms with Crippen molar-refractivity contribution in [2.24, 2.45) is 0 Å². The molecule has 0 saturated heterocycles. The maximum absolute atomic E-state index is 5.54. The second kappa shape index (κ2) is 10.1. The summed E-state index contributed by atoms with van der Waals surface area (Å²) in [5.74, 6) is 0. The molecule has 0 aromatic heterocycles. The van der Waals surface area contributed by atoms with Crippen LogP contribution in [-0.2, 0) is 9.47 Å². The Morgan fingerprint density at radius 3 is 2.56 bits per heavy atom. The molecule has 0 aliphatic heterocycles. The molecule has 18 heavy (non-hydrogen) atoms. The Morgan fingerprint density at radius 1 is 1.11 bits per heavy atom. The molecule has 0 saturated carbocycles. The quantitative estimate of drug-likeness (QED) is 0.649. The Kier molecular flexibility index (Phi) is 8.47. The lowest BCUT2D eigenvalue weighted by molar-refractivity contribution is 0.0658. The van der Waals surface area contributed by atoms with E-state index in [2.05, 4.69) is 42.6 Å². The number of methoxy groups -OCH3 is 1. The zero-order valence-electron chi connectivity index (χ0n) is 11.5. The first kappa shape index (κ1) is 15.2. The van der Waals surface area contributed by atoms with Gasteiger partial charge < -0.3 is 14.8 Å². The van der Waals surface area contributed by atoms with E-state index in [1.165, 1.54) is 5.56 Å². The van der Waals surface area contributed by atoms with Crippen LogP contribution in [0.5, 0.6) is 0 Å². The lowest BCUT2D eigenvalue weighted by Crippen LogP contribution is -2.23. The Labute approximate surface area is 110 Å². The van der Waals surface area contributed by atoms with Gasteiger partial charge in [0, 0.05) is 19.8 Å². The molecule has 1 aromatic rings. The number of nitrogens with one attached hydrogen (secondary N) is 1. The Hall–Kier alpha value is -0.900. The zero-order valence-corrected chi connectivity index (χ0v) is 11.5. The zero-order chi connectivity index (χ0) is 13.1. The highest BCUT2D eigenvalue weighted by atomic mass is 16.5. The summed E-state index contributed by atoms with van der Waals surface area (Å²) in [5.41, 5.74) is 1.33. The van der Waals surface area contributed by atoms with E-state index in [4.69, 9.17) is 9.47 Å². The van der Waals surface area contributed by atoms with E-state index in [-0.39, 0.29) is 0 Å². The molecule has 1 unspecified atom stereocenters. The second-order valence-electron chi connectivity index (χ2n) is 4.31. The van der Waals surface area contributed by atoms with Crippen LogP contribution in [0.1, 0.15) is 31.4 Å². The third-order valence-corrected chi connectivity index (χ3v) is 2.83. The van der Waals surface area contributed by atoms with Crippen LogP contribution < -0.4 is 5.32 Å². The second-order valence-corrected chi connectivity index (χ2v) is 4.31. The van der Waals surface area contributed by atoms with Gasteiger partial charge in [0.05, 0.1) is 13.2 Å². The van der Waals surface area contributed by atoms with Gasteiger partial charge in [0.15, 0.2) is 0 Å². The molecule has 0 radical (unpaired) electrons. The molecule has 3 heteroatoms. The fraction of sp³-hybridized carbons (Fsp3) is 0.600. The van der Waals surface area contributed by atoms with Gasteiger partial charge in [0.1, 0.15) is 0 Å². The molecule has 0 fully saturated rings. The maximum atomic E-state index is 5.54. The van der Waals surface area contributed by atoms with Crippen molar-refractivity contribution in [3.05, 3.63) is 35.9 Å². The van der Waals surface area contributed by atoms with Crippen LogP contribution in [0.4, 0.5) is 0 Å². The van der Waals surface area contributed by atoms with Crippen molar-refractivity contribution >= 4 is 0 Å². The predicted molar refractivity (Wildman–Crippen MR) is 74.8 cm³/mol. The Morgan fingerprint density at radius 2 is 1.89 bits per heavy atom. The SMILES string of the molecule is CCCNC(CCOCCOC)c1ccccc1. The topological polar surface area (TPSA) is 30.5 Å². The summed E-state index contributed by atoms with van der Waals surface area (Å²) in [7, 11) is 1.69. The molecule has 0 amide bonds. The van der Waals surface area contributed by atoms with Gasteiger partial charge in [-0.1, -0.05) is 37.3 Å². The van der Waals surface area contributed by atoms with Gasteiger partial charge in [0.25, 0.3) is 0 Å². The largest absolute Gasteiger partial charge is 0.382 e. The summed E-state index contributed by atoms with van der Waals surface area (Å²) >= 11 is 0. The number of hydrogen-bond acceptors (Lipinski definition) is 3. The Bertz CT molecular complexity index is 290. The van der Waals surface area contributed by atoms with E-state index in [0.717, 1.165) is 26.0 Å². The van der Waals surface area contributed by atoms with Gasteiger partial charge in [-0.25, -0.2) is 0 Å². The highest BCUT2D eigenvalue weighted by Crippen LogP contribution is 2.16. The van der Waals surface area contributed by atoms with E-state index in [0.29, 0.717) is 19.3 Å². The number of ether oxygens (including phenoxy) is 2. The fourth-order valence-corrected chi connectivity index (χ4v) is 1.84. The molecule has 3 nitrogen and oxygen atoms in total. The summed E-state index contributed by atoms with van der Waals surface area (Å²) in [6.07, 6.45) is 2.14. The van der Waals surface area contributed by atoms with Crippen LogP contribution in [0.25, 0.3) is 0 Å². The molecule has 1 rings (SSSR count). The monoisotopic (exact) mass is 251 g/mol. The van der Waals surface area contributed by atoms with Gasteiger partial charge in [-0.3, -0.25) is 0 Å². The fourth-order valence-electron chi connectivity index (χ4n) is 1.84. The van der Waals surface area contributed by atoms with Gasteiger partial charge in [-0.05, 0) is 24.9 Å². The van der Waals surface area contributed by atoms with Crippen LogP contribution in [0.15, 0.2) is 30.3 Å². The predicted octanol–water partition coefficient (Wildman–Crippen LogP) is 2.78. The van der Waals surface area contributed by atoms with Crippen LogP contribution >= 0.6 is 0 Å². The smallest absolute Gasteiger partial charge is 0.0700 e. The van der Waals surface area contributed by atoms with Crippen LogP contribution in [-0.4, -0.2) is 33.5 Å². The number of rotatable bonds is 10. The van der Waals surface area contributed by atoms with Crippen molar-refractivity contribution in [3.63, 3.8) is 0 Å². The van der Waals surface area contributed by atoms with E-state index in [1.807, 2.05) is 0 Å². The van der Waals surface area contributed by atoms with Gasteiger partial charge >= 0.3 is 0 Å². The average Bonchev–Trinajstić information content (AvgIpc) is 2.43. The molecular weight excluding hydrogens is 226 g/mol. The lowest BCUT2D eigenvalue weighted by Gasteiger charge is -2.19. The minimum atomic E-state index is 0.383. The van der Waals surface area contributed by atoms with Gasteiger partial charge in [-0.2, -0.15) is 0 Å². The lowest BCUT2D eigenvalue weighted by atomic mass is 10.0. The molecule has 1 N–H and O–H groups in total. The first-order valence-corrected chi connectivity index (χ1v) is 6.73. The third kappa shape index (κ3) is 6.15. The van der Waals surface area contributed by atoms with E-state index in [9.17, 15) is 0 Å². The van der Waals surface area contributed by atoms with Crippen LogP contribution in [0, 0.1) is 0 Å². The van der Waals surface area contributed by atoms with Crippen molar-refractivity contribution in [1.82, 2.24) is 5.32 Å². The first-order chi connectivity index (χ1) is 8.88. The third-order valence-electron chi connectivity index (χ3n) is 2.83. The molecule has 102 valence electrons. The van der Waals surface area contributed by atoms with E-state index >= 15 is 0 Å². The summed E-state index contributed by atoms with van der Waals surface area (Å²) in [5, 5.41) is 3.57. The number of hydrogen-bond donors (Lipinski definition) is 1. The Balaban J connectivity index is 2.36. The molecule has 0 heterocycles. The van der Waals surface area contributed by atoms with Crippen molar-refractivity contribution in [2.45, 2.75) is 25.8 Å². The van der Waals surface area contributed by atoms with Crippen molar-refractivity contribution in [3.8, 4) is 0 Å².